The van der Waals surface area contributed by atoms with Crippen LogP contribution in [0, 0.1) is 0 Å². The molecule has 0 bridgehead atoms. The summed E-state index contributed by atoms with van der Waals surface area (Å²) in [5.41, 5.74) is -0.487. The van der Waals surface area contributed by atoms with E-state index in [4.69, 9.17) is 14.9 Å². The Kier molecular flexibility index (Phi) is 6.03. The Hall–Kier alpha value is -0.850. The van der Waals surface area contributed by atoms with Gasteiger partial charge in [0.05, 0.1) is 19.3 Å². The monoisotopic (exact) mass is 274 g/mol. The van der Waals surface area contributed by atoms with Gasteiger partial charge in [-0.2, -0.15) is 0 Å². The van der Waals surface area contributed by atoms with Crippen molar-refractivity contribution in [2.24, 2.45) is 0 Å². The van der Waals surface area contributed by atoms with E-state index in [1.54, 1.807) is 0 Å². The van der Waals surface area contributed by atoms with Gasteiger partial charge in [0.1, 0.15) is 5.60 Å². The van der Waals surface area contributed by atoms with Gasteiger partial charge in [-0.3, -0.25) is 0 Å². The zero-order valence-electron chi connectivity index (χ0n) is 12.0. The number of aliphatic hydroxyl groups is 2. The molecule has 1 saturated carbocycles. The van der Waals surface area contributed by atoms with Gasteiger partial charge >= 0.3 is 6.09 Å². The Labute approximate surface area is 114 Å². The predicted molar refractivity (Wildman–Crippen MR) is 71.9 cm³/mol. The highest BCUT2D eigenvalue weighted by Crippen LogP contribution is 2.20. The van der Waals surface area contributed by atoms with Crippen LogP contribution in [0.3, 0.4) is 0 Å². The minimum atomic E-state index is -0.487. The molecule has 1 aliphatic rings. The van der Waals surface area contributed by atoms with Crippen molar-refractivity contribution in [3.63, 3.8) is 0 Å². The Bertz CT molecular complexity index is 287. The molecular formula is C13H26N2O4. The molecule has 6 nitrogen and oxygen atoms in total. The van der Waals surface area contributed by atoms with Crippen LogP contribution in [0.4, 0.5) is 4.79 Å². The lowest BCUT2D eigenvalue weighted by molar-refractivity contribution is 0.0504. The van der Waals surface area contributed by atoms with Gasteiger partial charge in [-0.1, -0.05) is 0 Å². The molecule has 1 aliphatic carbocycles. The largest absolute Gasteiger partial charge is 0.444 e. The summed E-state index contributed by atoms with van der Waals surface area (Å²) in [7, 11) is 0. The molecule has 6 heteroatoms. The highest BCUT2D eigenvalue weighted by molar-refractivity contribution is 5.68. The summed E-state index contributed by atoms with van der Waals surface area (Å²) in [4.78, 5) is 11.6. The first-order chi connectivity index (χ1) is 8.84. The van der Waals surface area contributed by atoms with Gasteiger partial charge in [0.25, 0.3) is 0 Å². The zero-order valence-corrected chi connectivity index (χ0v) is 12.0. The highest BCUT2D eigenvalue weighted by Gasteiger charge is 2.28. The molecule has 0 spiro atoms. The zero-order chi connectivity index (χ0) is 14.5. The quantitative estimate of drug-likeness (QED) is 0.582. The molecule has 0 saturated heterocycles. The third kappa shape index (κ3) is 6.22. The molecule has 0 aliphatic heterocycles. The molecule has 2 atom stereocenters. The van der Waals surface area contributed by atoms with Crippen molar-refractivity contribution >= 4 is 6.09 Å². The molecular weight excluding hydrogens is 248 g/mol. The highest BCUT2D eigenvalue weighted by atomic mass is 16.6. The molecule has 0 radical (unpaired) electrons. The van der Waals surface area contributed by atoms with Crippen molar-refractivity contribution in [1.82, 2.24) is 10.6 Å². The van der Waals surface area contributed by atoms with E-state index in [9.17, 15) is 4.79 Å². The molecule has 0 aromatic carbocycles. The summed E-state index contributed by atoms with van der Waals surface area (Å²) >= 11 is 0. The van der Waals surface area contributed by atoms with E-state index in [1.807, 2.05) is 20.8 Å². The van der Waals surface area contributed by atoms with E-state index in [1.165, 1.54) is 0 Å². The van der Waals surface area contributed by atoms with E-state index in [2.05, 4.69) is 10.6 Å². The topological polar surface area (TPSA) is 90.8 Å². The van der Waals surface area contributed by atoms with Gasteiger partial charge in [-0.05, 0) is 40.0 Å². The third-order valence-corrected chi connectivity index (χ3v) is 3.07. The van der Waals surface area contributed by atoms with Crippen molar-refractivity contribution in [3.05, 3.63) is 0 Å². The molecule has 112 valence electrons. The van der Waals surface area contributed by atoms with E-state index >= 15 is 0 Å². The number of carbonyl (C=O) groups is 1. The van der Waals surface area contributed by atoms with Crippen LogP contribution < -0.4 is 10.6 Å². The maximum absolute atomic E-state index is 11.6. The molecule has 1 amide bonds. The Morgan fingerprint density at radius 2 is 1.84 bits per heavy atom. The number of aliphatic hydroxyl groups excluding tert-OH is 2. The maximum Gasteiger partial charge on any atom is 0.407 e. The van der Waals surface area contributed by atoms with Gasteiger partial charge in [-0.15, -0.1) is 0 Å². The maximum atomic E-state index is 11.6. The average molecular weight is 274 g/mol. The van der Waals surface area contributed by atoms with Crippen LogP contribution in [0.25, 0.3) is 0 Å². The van der Waals surface area contributed by atoms with Gasteiger partial charge in [0.2, 0.25) is 0 Å². The fraction of sp³-hybridized carbons (Fsp3) is 0.923. The second-order valence-corrected chi connectivity index (χ2v) is 6.08. The van der Waals surface area contributed by atoms with Crippen LogP contribution >= 0.6 is 0 Å². The third-order valence-electron chi connectivity index (χ3n) is 3.07. The van der Waals surface area contributed by atoms with Crippen LogP contribution in [-0.2, 0) is 4.74 Å². The van der Waals surface area contributed by atoms with Crippen LogP contribution in [-0.4, -0.2) is 53.2 Å². The Balaban J connectivity index is 2.30. The minimum Gasteiger partial charge on any atom is -0.444 e. The summed E-state index contributed by atoms with van der Waals surface area (Å²) in [6.45, 7) is 5.32. The molecule has 19 heavy (non-hydrogen) atoms. The van der Waals surface area contributed by atoms with Crippen LogP contribution in [0.5, 0.6) is 0 Å². The second kappa shape index (κ2) is 7.07. The first-order valence-electron chi connectivity index (χ1n) is 6.81. The van der Waals surface area contributed by atoms with E-state index in [0.717, 1.165) is 19.3 Å². The van der Waals surface area contributed by atoms with E-state index < -0.39 is 5.60 Å². The predicted octanol–water partition coefficient (Wildman–Crippen LogP) is 0.375. The molecule has 2 unspecified atom stereocenters. The minimum absolute atomic E-state index is 0.0861. The van der Waals surface area contributed by atoms with Gasteiger partial charge in [-0.25, -0.2) is 4.79 Å². The lowest BCUT2D eigenvalue weighted by atomic mass is 10.2. The lowest BCUT2D eigenvalue weighted by Gasteiger charge is -2.22. The lowest BCUT2D eigenvalue weighted by Crippen LogP contribution is -2.43. The molecule has 4 N–H and O–H groups in total. The fourth-order valence-electron chi connectivity index (χ4n) is 2.23. The number of hydrogen-bond donors (Lipinski definition) is 4. The Morgan fingerprint density at radius 3 is 2.37 bits per heavy atom. The molecule has 1 fully saturated rings. The number of alkyl carbamates (subject to hydrolysis) is 1. The number of carbonyl (C=O) groups excluding carboxylic acids is 1. The second-order valence-electron chi connectivity index (χ2n) is 6.08. The van der Waals surface area contributed by atoms with Gasteiger partial charge in [0.15, 0.2) is 0 Å². The summed E-state index contributed by atoms with van der Waals surface area (Å²) < 4.78 is 5.21. The normalized spacial score (nSPS) is 23.7. The van der Waals surface area contributed by atoms with Crippen LogP contribution in [0.15, 0.2) is 0 Å². The fourth-order valence-corrected chi connectivity index (χ4v) is 2.23. The summed E-state index contributed by atoms with van der Waals surface area (Å²) in [5, 5.41) is 24.0. The number of nitrogens with one attached hydrogen (secondary N) is 2. The van der Waals surface area contributed by atoms with E-state index in [0.29, 0.717) is 0 Å². The number of hydrogen-bond acceptors (Lipinski definition) is 5. The van der Waals surface area contributed by atoms with Crippen molar-refractivity contribution < 1.29 is 19.7 Å². The summed E-state index contributed by atoms with van der Waals surface area (Å²) in [5.74, 6) is 0. The Morgan fingerprint density at radius 1 is 1.26 bits per heavy atom. The van der Waals surface area contributed by atoms with Crippen LogP contribution in [0.2, 0.25) is 0 Å². The van der Waals surface area contributed by atoms with E-state index in [-0.39, 0.29) is 37.4 Å². The average Bonchev–Trinajstić information content (AvgIpc) is 2.70. The summed E-state index contributed by atoms with van der Waals surface area (Å²) in [6.07, 6.45) is 2.19. The number of ether oxygens (including phenoxy) is 1. The van der Waals surface area contributed by atoms with Gasteiger partial charge in [0, 0.05) is 12.1 Å². The van der Waals surface area contributed by atoms with Crippen molar-refractivity contribution in [3.8, 4) is 0 Å². The number of amides is 1. The van der Waals surface area contributed by atoms with Crippen molar-refractivity contribution in [2.75, 3.05) is 13.2 Å². The van der Waals surface area contributed by atoms with Crippen molar-refractivity contribution in [1.29, 1.82) is 0 Å². The smallest absolute Gasteiger partial charge is 0.407 e. The first kappa shape index (κ1) is 16.2. The molecule has 1 rings (SSSR count). The summed E-state index contributed by atoms with van der Waals surface area (Å²) in [6, 6.07) is 0.0138. The van der Waals surface area contributed by atoms with Crippen LogP contribution in [0.1, 0.15) is 40.0 Å². The first-order valence-corrected chi connectivity index (χ1v) is 6.81. The number of rotatable bonds is 5. The van der Waals surface area contributed by atoms with Crippen molar-refractivity contribution in [2.45, 2.75) is 63.8 Å². The molecule has 0 aromatic rings. The standard InChI is InChI=1S/C13H26N2O4/c1-13(2,3)19-12(18)15-10-5-4-9(6-10)14-11(7-16)8-17/h9-11,14,16-17H,4-8H2,1-3H3,(H,15,18). The molecule has 0 aromatic heterocycles. The van der Waals surface area contributed by atoms with Gasteiger partial charge < -0.3 is 25.6 Å². The molecule has 0 heterocycles. The SMILES string of the molecule is CC(C)(C)OC(=O)NC1CCC(NC(CO)CO)C1.